The molecule has 1 saturated carbocycles. The number of hydrogen-bond donors (Lipinski definition) is 0. The Labute approximate surface area is 163 Å². The van der Waals surface area contributed by atoms with E-state index in [2.05, 4.69) is 10.1 Å². The predicted octanol–water partition coefficient (Wildman–Crippen LogP) is 3.47. The molecule has 10 heteroatoms. The number of alkyl halides is 3. The van der Waals surface area contributed by atoms with Gasteiger partial charge in [-0.1, -0.05) is 13.0 Å². The maximum Gasteiger partial charge on any atom is 0.416 e. The normalized spacial score (nSPS) is 15.0. The van der Waals surface area contributed by atoms with Crippen LogP contribution in [0, 0.1) is 0 Å². The fourth-order valence-corrected chi connectivity index (χ4v) is 4.15. The molecule has 0 N–H and O–H groups in total. The van der Waals surface area contributed by atoms with Crippen LogP contribution in [0.15, 0.2) is 46.3 Å². The largest absolute Gasteiger partial charge is 0.416 e. The summed E-state index contributed by atoms with van der Waals surface area (Å²) in [6.07, 6.45) is -0.0421. The van der Waals surface area contributed by atoms with Gasteiger partial charge in [0.25, 0.3) is 5.56 Å². The minimum absolute atomic E-state index is 0.148. The summed E-state index contributed by atoms with van der Waals surface area (Å²) in [6, 6.07) is 4.25. The Kier molecular flexibility index (Phi) is 4.49. The van der Waals surface area contributed by atoms with Gasteiger partial charge in [-0.15, -0.1) is 0 Å². The van der Waals surface area contributed by atoms with Crippen molar-refractivity contribution in [3.63, 3.8) is 0 Å². The number of sulfone groups is 1. The van der Waals surface area contributed by atoms with Crippen LogP contribution in [0.5, 0.6) is 0 Å². The Hall–Kier alpha value is -2.75. The molecule has 0 radical (unpaired) electrons. The van der Waals surface area contributed by atoms with Gasteiger partial charge in [-0.25, -0.2) is 13.4 Å². The van der Waals surface area contributed by atoms with Crippen molar-refractivity contribution in [3.05, 3.63) is 58.1 Å². The van der Waals surface area contributed by atoms with Gasteiger partial charge in [0.2, 0.25) is 0 Å². The maximum absolute atomic E-state index is 13.0. The number of pyridine rings is 1. The van der Waals surface area contributed by atoms with Crippen molar-refractivity contribution in [2.45, 2.75) is 36.8 Å². The Morgan fingerprint density at radius 2 is 1.90 bits per heavy atom. The zero-order chi connectivity index (χ0) is 21.0. The van der Waals surface area contributed by atoms with Crippen LogP contribution in [0.1, 0.15) is 36.8 Å². The quantitative estimate of drug-likeness (QED) is 0.642. The molecule has 0 spiro atoms. The number of fused-ring (bicyclic) bond motifs is 1. The molecule has 1 aliphatic rings. The van der Waals surface area contributed by atoms with Crippen molar-refractivity contribution in [2.75, 3.05) is 5.75 Å². The molecule has 2 aromatic heterocycles. The Morgan fingerprint density at radius 3 is 2.52 bits per heavy atom. The summed E-state index contributed by atoms with van der Waals surface area (Å²) in [7, 11) is -3.75. The van der Waals surface area contributed by atoms with Crippen LogP contribution >= 0.6 is 0 Å². The summed E-state index contributed by atoms with van der Waals surface area (Å²) in [5.74, 6) is -0.186. The van der Waals surface area contributed by atoms with E-state index in [1.54, 1.807) is 0 Å². The fraction of sp³-hybridized carbons (Fsp3) is 0.316. The van der Waals surface area contributed by atoms with Crippen LogP contribution in [0.4, 0.5) is 13.2 Å². The molecule has 1 fully saturated rings. The first-order valence-electron chi connectivity index (χ1n) is 8.94. The van der Waals surface area contributed by atoms with Crippen molar-refractivity contribution in [1.82, 2.24) is 14.8 Å². The number of benzene rings is 1. The van der Waals surface area contributed by atoms with Gasteiger partial charge in [0.1, 0.15) is 4.90 Å². The maximum atomic E-state index is 13.0. The summed E-state index contributed by atoms with van der Waals surface area (Å²) < 4.78 is 65.1. The number of aromatic nitrogens is 3. The van der Waals surface area contributed by atoms with Gasteiger partial charge in [-0.05, 0) is 42.5 Å². The standard InChI is InChI=1S/C19H16F3N3O3S/c1-2-29(27,28)16-7-13(11-3-4-11)9-23-17(16)25-18(26)15-8-14(19(20,21)22)6-5-12(15)10-24-25/h5-11H,2-4H2,1H3. The van der Waals surface area contributed by atoms with Gasteiger partial charge in [0.15, 0.2) is 15.7 Å². The lowest BCUT2D eigenvalue weighted by molar-refractivity contribution is -0.137. The molecule has 2 heterocycles. The lowest BCUT2D eigenvalue weighted by Crippen LogP contribution is -2.25. The van der Waals surface area contributed by atoms with Crippen molar-refractivity contribution in [1.29, 1.82) is 0 Å². The van der Waals surface area contributed by atoms with E-state index >= 15 is 0 Å². The molecule has 0 aliphatic heterocycles. The third kappa shape index (κ3) is 3.52. The highest BCUT2D eigenvalue weighted by molar-refractivity contribution is 7.91. The van der Waals surface area contributed by atoms with Gasteiger partial charge in [-0.3, -0.25) is 4.79 Å². The fourth-order valence-electron chi connectivity index (χ4n) is 3.10. The minimum Gasteiger partial charge on any atom is -0.267 e. The second-order valence-corrected chi connectivity index (χ2v) is 9.18. The number of nitrogens with zero attached hydrogens (tertiary/aromatic N) is 3. The molecule has 0 atom stereocenters. The first kappa shape index (κ1) is 19.6. The first-order chi connectivity index (χ1) is 13.6. The SMILES string of the molecule is CCS(=O)(=O)c1cc(C2CC2)cnc1-n1ncc2ccc(C(F)(F)F)cc2c1=O. The second-order valence-electron chi connectivity index (χ2n) is 6.93. The smallest absolute Gasteiger partial charge is 0.267 e. The van der Waals surface area contributed by atoms with Crippen LogP contribution in [0.2, 0.25) is 0 Å². The summed E-state index contributed by atoms with van der Waals surface area (Å²) in [4.78, 5) is 16.9. The van der Waals surface area contributed by atoms with Crippen LogP contribution in [-0.4, -0.2) is 28.9 Å². The van der Waals surface area contributed by atoms with E-state index in [-0.39, 0.29) is 33.2 Å². The zero-order valence-electron chi connectivity index (χ0n) is 15.3. The summed E-state index contributed by atoms with van der Waals surface area (Å²) in [6.45, 7) is 1.47. The third-order valence-electron chi connectivity index (χ3n) is 4.93. The topological polar surface area (TPSA) is 81.9 Å². The Morgan fingerprint density at radius 1 is 1.17 bits per heavy atom. The zero-order valence-corrected chi connectivity index (χ0v) is 16.1. The molecule has 0 amide bonds. The number of rotatable bonds is 4. The molecular weight excluding hydrogens is 407 g/mol. The van der Waals surface area contributed by atoms with Crippen molar-refractivity contribution in [2.24, 2.45) is 0 Å². The van der Waals surface area contributed by atoms with Crippen molar-refractivity contribution < 1.29 is 21.6 Å². The van der Waals surface area contributed by atoms with Crippen LogP contribution in [0.3, 0.4) is 0 Å². The highest BCUT2D eigenvalue weighted by atomic mass is 32.2. The highest BCUT2D eigenvalue weighted by Crippen LogP contribution is 2.41. The van der Waals surface area contributed by atoms with Crippen LogP contribution < -0.4 is 5.56 Å². The molecule has 4 rings (SSSR count). The first-order valence-corrected chi connectivity index (χ1v) is 10.6. The minimum atomic E-state index is -4.62. The molecule has 1 aromatic carbocycles. The van der Waals surface area contributed by atoms with Gasteiger partial charge in [0, 0.05) is 11.6 Å². The molecule has 0 saturated heterocycles. The van der Waals surface area contributed by atoms with E-state index in [0.29, 0.717) is 0 Å². The summed E-state index contributed by atoms with van der Waals surface area (Å²) in [5, 5.41) is 3.96. The van der Waals surface area contributed by atoms with Gasteiger partial charge >= 0.3 is 6.18 Å². The Balaban J connectivity index is 1.97. The monoisotopic (exact) mass is 423 g/mol. The predicted molar refractivity (Wildman–Crippen MR) is 99.8 cm³/mol. The van der Waals surface area contributed by atoms with Gasteiger partial charge in [-0.2, -0.15) is 23.0 Å². The molecule has 152 valence electrons. The molecule has 6 nitrogen and oxygen atoms in total. The van der Waals surface area contributed by atoms with Crippen molar-refractivity contribution >= 4 is 20.6 Å². The molecular formula is C19H16F3N3O3S. The molecule has 3 aromatic rings. The van der Waals surface area contributed by atoms with E-state index in [4.69, 9.17) is 0 Å². The summed E-state index contributed by atoms with van der Waals surface area (Å²) in [5.41, 5.74) is -1.08. The van der Waals surface area contributed by atoms with E-state index in [9.17, 15) is 26.4 Å². The van der Waals surface area contributed by atoms with E-state index in [0.717, 1.165) is 41.3 Å². The van der Waals surface area contributed by atoms with Gasteiger partial charge in [0.05, 0.1) is 22.9 Å². The van der Waals surface area contributed by atoms with E-state index in [1.165, 1.54) is 25.4 Å². The lowest BCUT2D eigenvalue weighted by atomic mass is 10.1. The second kappa shape index (κ2) is 6.65. The van der Waals surface area contributed by atoms with Crippen LogP contribution in [-0.2, 0) is 16.0 Å². The molecule has 29 heavy (non-hydrogen) atoms. The number of hydrogen-bond acceptors (Lipinski definition) is 5. The average molecular weight is 423 g/mol. The van der Waals surface area contributed by atoms with E-state index in [1.807, 2.05) is 0 Å². The molecule has 1 aliphatic carbocycles. The van der Waals surface area contributed by atoms with E-state index < -0.39 is 27.1 Å². The van der Waals surface area contributed by atoms with Crippen LogP contribution in [0.25, 0.3) is 16.6 Å². The third-order valence-corrected chi connectivity index (χ3v) is 6.66. The average Bonchev–Trinajstić information content (AvgIpc) is 3.52. The lowest BCUT2D eigenvalue weighted by Gasteiger charge is -2.13. The molecule has 0 bridgehead atoms. The number of halogens is 3. The van der Waals surface area contributed by atoms with Crippen molar-refractivity contribution in [3.8, 4) is 5.82 Å². The Bertz CT molecular complexity index is 1280. The summed E-state index contributed by atoms with van der Waals surface area (Å²) >= 11 is 0. The molecule has 0 unspecified atom stereocenters. The van der Waals surface area contributed by atoms with Gasteiger partial charge < -0.3 is 0 Å². The highest BCUT2D eigenvalue weighted by Gasteiger charge is 2.31.